The zero-order chi connectivity index (χ0) is 13.0. The molecule has 0 aliphatic heterocycles. The van der Waals surface area contributed by atoms with E-state index in [0.29, 0.717) is 19.5 Å². The third kappa shape index (κ3) is 2.87. The van der Waals surface area contributed by atoms with Gasteiger partial charge in [0.1, 0.15) is 5.82 Å². The molecular weight excluding hydrogens is 233 g/mol. The number of benzene rings is 1. The monoisotopic (exact) mass is 249 g/mol. The van der Waals surface area contributed by atoms with Gasteiger partial charge < -0.3 is 10.8 Å². The van der Waals surface area contributed by atoms with Crippen molar-refractivity contribution in [1.29, 1.82) is 0 Å². The minimum atomic E-state index is -0.277. The molecule has 0 spiro atoms. The van der Waals surface area contributed by atoms with Crippen LogP contribution in [-0.2, 0) is 13.0 Å². The number of nitrogens with two attached hydrogens (primary N) is 1. The van der Waals surface area contributed by atoms with Gasteiger partial charge in [-0.3, -0.25) is 4.79 Å². The van der Waals surface area contributed by atoms with Gasteiger partial charge in [-0.15, -0.1) is 0 Å². The van der Waals surface area contributed by atoms with Crippen molar-refractivity contribution >= 4 is 0 Å². The normalized spacial score (nSPS) is 10.8. The second-order valence-corrected chi connectivity index (χ2v) is 4.21. The molecule has 0 fully saturated rings. The number of nitrogens with zero attached hydrogens (tertiary/aromatic N) is 1. The van der Waals surface area contributed by atoms with Crippen molar-refractivity contribution < 1.29 is 4.39 Å². The van der Waals surface area contributed by atoms with Crippen LogP contribution < -0.4 is 11.3 Å². The summed E-state index contributed by atoms with van der Waals surface area (Å²) in [5.41, 5.74) is 7.00. The second kappa shape index (κ2) is 5.64. The molecule has 0 atom stereocenters. The summed E-state index contributed by atoms with van der Waals surface area (Å²) in [7, 11) is 0. The fourth-order valence-electron chi connectivity index (χ4n) is 1.81. The van der Waals surface area contributed by atoms with Crippen molar-refractivity contribution in [3.05, 3.63) is 57.8 Å². The molecule has 0 saturated carbocycles. The summed E-state index contributed by atoms with van der Waals surface area (Å²) >= 11 is 0. The average molecular weight is 249 g/mol. The molecule has 2 rings (SSSR count). The number of hydrogen-bond acceptors (Lipinski definition) is 2. The topological polar surface area (TPSA) is 63.8 Å². The lowest BCUT2D eigenvalue weighted by molar-refractivity contribution is 0.622. The fourth-order valence-corrected chi connectivity index (χ4v) is 1.81. The van der Waals surface area contributed by atoms with Crippen LogP contribution in [0.15, 0.2) is 35.3 Å². The lowest BCUT2D eigenvalue weighted by atomic mass is 10.2. The van der Waals surface area contributed by atoms with Crippen molar-refractivity contribution in [3.8, 4) is 0 Å². The van der Waals surface area contributed by atoms with Crippen LogP contribution in [0.2, 0.25) is 0 Å². The van der Waals surface area contributed by atoms with Crippen LogP contribution in [-0.4, -0.2) is 16.3 Å². The van der Waals surface area contributed by atoms with E-state index >= 15 is 0 Å². The van der Waals surface area contributed by atoms with Gasteiger partial charge in [0.25, 0.3) is 5.56 Å². The van der Waals surface area contributed by atoms with Crippen LogP contribution in [0.1, 0.15) is 17.5 Å². The summed E-state index contributed by atoms with van der Waals surface area (Å²) in [5.74, 6) is -0.277. The largest absolute Gasteiger partial charge is 0.330 e. The molecule has 1 aromatic heterocycles. The molecule has 0 unspecified atom stereocenters. The molecule has 0 aliphatic rings. The van der Waals surface area contributed by atoms with Crippen LogP contribution in [0, 0.1) is 5.82 Å². The van der Waals surface area contributed by atoms with Crippen molar-refractivity contribution in [2.75, 3.05) is 6.54 Å². The van der Waals surface area contributed by atoms with E-state index in [9.17, 15) is 9.18 Å². The Bertz CT molecular complexity index is 556. The molecule has 2 aromatic rings. The van der Waals surface area contributed by atoms with Gasteiger partial charge in [0.05, 0.1) is 6.54 Å². The maximum atomic E-state index is 12.8. The smallest absolute Gasteiger partial charge is 0.269 e. The molecule has 0 aliphatic carbocycles. The third-order valence-electron chi connectivity index (χ3n) is 2.82. The number of hydrogen-bond donors (Lipinski definition) is 2. The Morgan fingerprint density at radius 1 is 1.28 bits per heavy atom. The van der Waals surface area contributed by atoms with E-state index in [1.54, 1.807) is 18.3 Å². The molecular formula is C13H16FN3O. The van der Waals surface area contributed by atoms with Crippen molar-refractivity contribution in [3.63, 3.8) is 0 Å². The molecule has 0 amide bonds. The van der Waals surface area contributed by atoms with E-state index in [4.69, 9.17) is 5.73 Å². The first-order valence-electron chi connectivity index (χ1n) is 5.92. The van der Waals surface area contributed by atoms with Crippen LogP contribution in [0.4, 0.5) is 4.39 Å². The predicted octanol–water partition coefficient (Wildman–Crippen LogP) is 1.26. The van der Waals surface area contributed by atoms with Crippen LogP contribution >= 0.6 is 0 Å². The average Bonchev–Trinajstić information content (AvgIpc) is 2.71. The number of halogens is 1. The molecule has 96 valence electrons. The number of rotatable bonds is 5. The van der Waals surface area contributed by atoms with E-state index in [1.165, 1.54) is 16.8 Å². The summed E-state index contributed by atoms with van der Waals surface area (Å²) in [5, 5.41) is 2.92. The van der Waals surface area contributed by atoms with Gasteiger partial charge in [0.15, 0.2) is 0 Å². The summed E-state index contributed by atoms with van der Waals surface area (Å²) < 4.78 is 14.3. The van der Waals surface area contributed by atoms with E-state index in [2.05, 4.69) is 5.10 Å². The van der Waals surface area contributed by atoms with Gasteiger partial charge in [0.2, 0.25) is 0 Å². The van der Waals surface area contributed by atoms with Gasteiger partial charge >= 0.3 is 0 Å². The van der Waals surface area contributed by atoms with Crippen molar-refractivity contribution in [2.24, 2.45) is 5.73 Å². The highest BCUT2D eigenvalue weighted by molar-refractivity contribution is 5.17. The molecule has 4 nitrogen and oxygen atoms in total. The molecule has 0 saturated heterocycles. The quantitative estimate of drug-likeness (QED) is 0.837. The highest BCUT2D eigenvalue weighted by atomic mass is 19.1. The Hall–Kier alpha value is -1.88. The van der Waals surface area contributed by atoms with Gasteiger partial charge in [-0.1, -0.05) is 12.1 Å². The summed E-state index contributed by atoms with van der Waals surface area (Å²) in [6.45, 7) is 0.990. The Labute approximate surface area is 104 Å². The van der Waals surface area contributed by atoms with Crippen molar-refractivity contribution in [2.45, 2.75) is 19.4 Å². The van der Waals surface area contributed by atoms with E-state index < -0.39 is 0 Å². The number of aromatic nitrogens is 2. The maximum Gasteiger partial charge on any atom is 0.269 e. The molecule has 18 heavy (non-hydrogen) atoms. The fraction of sp³-hybridized carbons (Fsp3) is 0.308. The second-order valence-electron chi connectivity index (χ2n) is 4.21. The highest BCUT2D eigenvalue weighted by Crippen LogP contribution is 2.04. The van der Waals surface area contributed by atoms with Gasteiger partial charge in [-0.05, 0) is 37.1 Å². The molecule has 1 heterocycles. The first-order chi connectivity index (χ1) is 8.70. The van der Waals surface area contributed by atoms with Gasteiger partial charge in [-0.2, -0.15) is 0 Å². The Morgan fingerprint density at radius 3 is 2.67 bits per heavy atom. The molecule has 0 radical (unpaired) electrons. The SMILES string of the molecule is NCCCc1c[nH]n(Cc2ccc(F)cc2)c1=O. The number of aromatic amines is 1. The highest BCUT2D eigenvalue weighted by Gasteiger charge is 2.06. The summed E-state index contributed by atoms with van der Waals surface area (Å²) in [6, 6.07) is 6.11. The predicted molar refractivity (Wildman–Crippen MR) is 67.9 cm³/mol. The molecule has 5 heteroatoms. The van der Waals surface area contributed by atoms with Gasteiger partial charge in [-0.25, -0.2) is 9.07 Å². The number of aryl methyl sites for hydroxylation is 1. The zero-order valence-corrected chi connectivity index (χ0v) is 10.0. The Morgan fingerprint density at radius 2 is 2.00 bits per heavy atom. The lowest BCUT2D eigenvalue weighted by Crippen LogP contribution is -2.20. The third-order valence-corrected chi connectivity index (χ3v) is 2.82. The molecule has 3 N–H and O–H groups in total. The van der Waals surface area contributed by atoms with E-state index in [1.807, 2.05) is 0 Å². The zero-order valence-electron chi connectivity index (χ0n) is 10.0. The van der Waals surface area contributed by atoms with Crippen molar-refractivity contribution in [1.82, 2.24) is 9.78 Å². The van der Waals surface area contributed by atoms with Gasteiger partial charge in [0, 0.05) is 11.8 Å². The summed E-state index contributed by atoms with van der Waals surface area (Å²) in [4.78, 5) is 12.0. The van der Waals surface area contributed by atoms with E-state index in [0.717, 1.165) is 17.5 Å². The number of nitrogens with one attached hydrogen (secondary N) is 1. The standard InChI is InChI=1S/C13H16FN3O/c14-12-5-3-10(4-6-12)9-17-13(18)11(8-16-17)2-1-7-15/h3-6,8,16H,1-2,7,9,15H2. The Balaban J connectivity index is 2.12. The maximum absolute atomic E-state index is 12.8. The minimum Gasteiger partial charge on any atom is -0.330 e. The minimum absolute atomic E-state index is 0.0345. The van der Waals surface area contributed by atoms with Crippen LogP contribution in [0.5, 0.6) is 0 Å². The first kappa shape index (κ1) is 12.6. The van der Waals surface area contributed by atoms with Crippen LogP contribution in [0.3, 0.4) is 0 Å². The molecule has 1 aromatic carbocycles. The first-order valence-corrected chi connectivity index (χ1v) is 5.92. The molecule has 0 bridgehead atoms. The number of H-pyrrole nitrogens is 1. The van der Waals surface area contributed by atoms with E-state index in [-0.39, 0.29) is 11.4 Å². The Kier molecular flexibility index (Phi) is 3.94. The van der Waals surface area contributed by atoms with Crippen LogP contribution in [0.25, 0.3) is 0 Å². The summed E-state index contributed by atoms with van der Waals surface area (Å²) in [6.07, 6.45) is 3.19. The lowest BCUT2D eigenvalue weighted by Gasteiger charge is -2.01.